The van der Waals surface area contributed by atoms with Gasteiger partial charge in [0.25, 0.3) is 5.89 Å². The predicted molar refractivity (Wildman–Crippen MR) is 136 cm³/mol. The van der Waals surface area contributed by atoms with Gasteiger partial charge in [-0.3, -0.25) is 4.90 Å². The zero-order chi connectivity index (χ0) is 26.0. The molecule has 0 saturated heterocycles. The van der Waals surface area contributed by atoms with Gasteiger partial charge in [0, 0.05) is 12.0 Å². The van der Waals surface area contributed by atoms with Crippen LogP contribution in [0.1, 0.15) is 24.4 Å². The van der Waals surface area contributed by atoms with Gasteiger partial charge in [0.2, 0.25) is 0 Å². The van der Waals surface area contributed by atoms with Crippen molar-refractivity contribution in [2.24, 2.45) is 0 Å². The van der Waals surface area contributed by atoms with Crippen LogP contribution in [0.15, 0.2) is 83.4 Å². The molecule has 0 aliphatic carbocycles. The van der Waals surface area contributed by atoms with Gasteiger partial charge in [-0.05, 0) is 61.0 Å². The van der Waals surface area contributed by atoms with Crippen LogP contribution in [-0.4, -0.2) is 47.7 Å². The topological polar surface area (TPSA) is 104 Å². The van der Waals surface area contributed by atoms with E-state index in [1.54, 1.807) is 31.4 Å². The number of hydrogen-bond acceptors (Lipinski definition) is 8. The van der Waals surface area contributed by atoms with Crippen molar-refractivity contribution in [3.05, 3.63) is 90.3 Å². The van der Waals surface area contributed by atoms with Crippen LogP contribution in [0.3, 0.4) is 0 Å². The minimum absolute atomic E-state index is 0.107. The van der Waals surface area contributed by atoms with E-state index >= 15 is 0 Å². The molecule has 1 atom stereocenters. The number of nitrogens with zero attached hydrogens (tertiary/aromatic N) is 3. The van der Waals surface area contributed by atoms with Gasteiger partial charge in [0.05, 0.1) is 26.3 Å². The molecule has 1 amide bonds. The first-order chi connectivity index (χ1) is 18.1. The molecule has 4 rings (SSSR count). The predicted octanol–water partition coefficient (Wildman–Crippen LogP) is 5.13. The van der Waals surface area contributed by atoms with Gasteiger partial charge in [-0.25, -0.2) is 4.79 Å². The van der Waals surface area contributed by atoms with Crippen LogP contribution in [0.2, 0.25) is 0 Å². The van der Waals surface area contributed by atoms with E-state index in [2.05, 4.69) is 10.1 Å². The van der Waals surface area contributed by atoms with Crippen molar-refractivity contribution in [1.29, 1.82) is 0 Å². The van der Waals surface area contributed by atoms with E-state index in [1.165, 1.54) is 4.90 Å². The van der Waals surface area contributed by atoms with Crippen LogP contribution >= 0.6 is 0 Å². The van der Waals surface area contributed by atoms with E-state index in [0.717, 1.165) is 11.1 Å². The van der Waals surface area contributed by atoms with Crippen molar-refractivity contribution in [1.82, 2.24) is 15.0 Å². The number of methoxy groups -OCH3 is 1. The molecule has 9 nitrogen and oxygen atoms in total. The molecule has 0 N–H and O–H groups in total. The fourth-order valence-corrected chi connectivity index (χ4v) is 3.61. The summed E-state index contributed by atoms with van der Waals surface area (Å²) in [6.07, 6.45) is 0.531. The molecule has 3 aromatic carbocycles. The second-order valence-corrected chi connectivity index (χ2v) is 8.09. The summed E-state index contributed by atoms with van der Waals surface area (Å²) in [6, 6.07) is 23.1. The van der Waals surface area contributed by atoms with Crippen LogP contribution in [0.4, 0.5) is 4.79 Å². The lowest BCUT2D eigenvalue weighted by molar-refractivity contribution is -0.108. The molecule has 1 heterocycles. The van der Waals surface area contributed by atoms with Crippen molar-refractivity contribution in [3.8, 4) is 28.7 Å². The van der Waals surface area contributed by atoms with E-state index in [4.69, 9.17) is 18.7 Å². The van der Waals surface area contributed by atoms with Crippen LogP contribution in [0.25, 0.3) is 11.5 Å². The summed E-state index contributed by atoms with van der Waals surface area (Å²) in [5.41, 5.74) is 1.69. The smallest absolute Gasteiger partial charge is 0.416 e. The van der Waals surface area contributed by atoms with Gasteiger partial charge >= 0.3 is 6.09 Å². The molecule has 9 heteroatoms. The Morgan fingerprint density at radius 2 is 1.65 bits per heavy atom. The Morgan fingerprint density at radius 3 is 2.32 bits per heavy atom. The summed E-state index contributed by atoms with van der Waals surface area (Å²) in [7, 11) is 1.56. The highest BCUT2D eigenvalue weighted by atomic mass is 16.6. The largest absolute Gasteiger partial charge is 0.497 e. The van der Waals surface area contributed by atoms with Gasteiger partial charge in [0.1, 0.15) is 23.5 Å². The first-order valence-electron chi connectivity index (χ1n) is 11.7. The first-order valence-corrected chi connectivity index (χ1v) is 11.7. The molecule has 37 heavy (non-hydrogen) atoms. The average Bonchev–Trinajstić information content (AvgIpc) is 3.41. The number of rotatable bonds is 11. The van der Waals surface area contributed by atoms with E-state index in [-0.39, 0.29) is 6.54 Å². The number of aldehydes is 1. The Morgan fingerprint density at radius 1 is 0.973 bits per heavy atom. The average molecular weight is 502 g/mol. The molecular formula is C28H27N3O6. The number of benzene rings is 3. The lowest BCUT2D eigenvalue weighted by atomic mass is 10.1. The Labute approximate surface area is 214 Å². The Kier molecular flexibility index (Phi) is 8.49. The van der Waals surface area contributed by atoms with E-state index < -0.39 is 12.1 Å². The maximum absolute atomic E-state index is 12.8. The van der Waals surface area contributed by atoms with E-state index in [1.807, 2.05) is 61.5 Å². The number of ether oxygens (including phenoxy) is 3. The number of carbonyl (C=O) groups is 2. The summed E-state index contributed by atoms with van der Waals surface area (Å²) in [6.45, 7) is 2.09. The number of amides is 1. The van der Waals surface area contributed by atoms with E-state index in [0.29, 0.717) is 48.3 Å². The van der Waals surface area contributed by atoms with Crippen LogP contribution < -0.4 is 14.2 Å². The third-order valence-corrected chi connectivity index (χ3v) is 5.68. The van der Waals surface area contributed by atoms with Crippen molar-refractivity contribution in [3.63, 3.8) is 0 Å². The minimum Gasteiger partial charge on any atom is -0.497 e. The monoisotopic (exact) mass is 501 g/mol. The quantitative estimate of drug-likeness (QED) is 0.261. The molecule has 0 fully saturated rings. The van der Waals surface area contributed by atoms with Gasteiger partial charge in [-0.15, -0.1) is 0 Å². The molecule has 0 aliphatic heterocycles. The fourth-order valence-electron chi connectivity index (χ4n) is 3.61. The summed E-state index contributed by atoms with van der Waals surface area (Å²) in [5.74, 6) is 2.69. The van der Waals surface area contributed by atoms with Gasteiger partial charge in [-0.1, -0.05) is 35.5 Å². The molecular weight excluding hydrogens is 474 g/mol. The van der Waals surface area contributed by atoms with Crippen LogP contribution in [0.5, 0.6) is 17.2 Å². The maximum atomic E-state index is 12.8. The number of carbonyl (C=O) groups excluding carboxylic acids is 2. The normalized spacial score (nSPS) is 11.4. The van der Waals surface area contributed by atoms with Crippen molar-refractivity contribution in [2.45, 2.75) is 19.4 Å². The molecule has 190 valence electrons. The third kappa shape index (κ3) is 6.72. The number of aromatic nitrogens is 2. The Bertz CT molecular complexity index is 1290. The zero-order valence-corrected chi connectivity index (χ0v) is 20.6. The van der Waals surface area contributed by atoms with Crippen LogP contribution in [-0.2, 0) is 11.2 Å². The van der Waals surface area contributed by atoms with E-state index in [9.17, 15) is 9.59 Å². The van der Waals surface area contributed by atoms with Crippen LogP contribution in [0, 0.1) is 0 Å². The third-order valence-electron chi connectivity index (χ3n) is 5.68. The SMILES string of the molecule is COc1ccc(OC(=O)N(CC=O)[C@@H](C)c2ccc(OCCc3noc(-c4ccccc4)n3)cc2)cc1. The molecule has 0 radical (unpaired) electrons. The summed E-state index contributed by atoms with van der Waals surface area (Å²) in [4.78, 5) is 29.8. The number of hydrogen-bond donors (Lipinski definition) is 0. The molecule has 1 aromatic heterocycles. The molecule has 0 aliphatic rings. The fraction of sp³-hybridized carbons (Fsp3) is 0.214. The second-order valence-electron chi connectivity index (χ2n) is 8.09. The minimum atomic E-state index is -0.625. The standard InChI is InChI=1S/C28H27N3O6/c1-20(31(17-18-32)28(33)36-25-14-12-23(34-2)13-15-25)21-8-10-24(11-9-21)35-19-16-26-29-27(37-30-26)22-6-4-3-5-7-22/h3-15,18,20H,16-17,19H2,1-2H3/t20-/m0/s1. The van der Waals surface area contributed by atoms with Gasteiger partial charge in [0.15, 0.2) is 5.82 Å². The van der Waals surface area contributed by atoms with Crippen molar-refractivity contribution < 1.29 is 28.3 Å². The molecule has 0 saturated carbocycles. The zero-order valence-electron chi connectivity index (χ0n) is 20.6. The molecule has 0 unspecified atom stereocenters. The molecule has 4 aromatic rings. The summed E-state index contributed by atoms with van der Waals surface area (Å²) >= 11 is 0. The van der Waals surface area contributed by atoms with Crippen molar-refractivity contribution in [2.75, 3.05) is 20.3 Å². The maximum Gasteiger partial charge on any atom is 0.416 e. The highest BCUT2D eigenvalue weighted by Gasteiger charge is 2.23. The lowest BCUT2D eigenvalue weighted by Gasteiger charge is -2.27. The van der Waals surface area contributed by atoms with Gasteiger partial charge < -0.3 is 23.5 Å². The first kappa shape index (κ1) is 25.4. The Balaban J connectivity index is 1.32. The van der Waals surface area contributed by atoms with Gasteiger partial charge in [-0.2, -0.15) is 4.98 Å². The lowest BCUT2D eigenvalue weighted by Crippen LogP contribution is -2.37. The summed E-state index contributed by atoms with van der Waals surface area (Å²) in [5, 5.41) is 4.00. The summed E-state index contributed by atoms with van der Waals surface area (Å²) < 4.78 is 21.7. The Hall–Kier alpha value is -4.66. The second kappa shape index (κ2) is 12.3. The molecule has 0 spiro atoms. The highest BCUT2D eigenvalue weighted by Crippen LogP contribution is 2.25. The highest BCUT2D eigenvalue weighted by molar-refractivity contribution is 5.74. The van der Waals surface area contributed by atoms with Crippen molar-refractivity contribution >= 4 is 12.4 Å². The molecule has 0 bridgehead atoms.